The molecule has 0 fully saturated rings. The van der Waals surface area contributed by atoms with E-state index >= 15 is 0 Å². The van der Waals surface area contributed by atoms with Crippen molar-refractivity contribution in [3.8, 4) is 0 Å². The summed E-state index contributed by atoms with van der Waals surface area (Å²) >= 11 is 0. The van der Waals surface area contributed by atoms with Crippen molar-refractivity contribution in [3.63, 3.8) is 0 Å². The minimum Gasteiger partial charge on any atom is -0.327 e. The lowest BCUT2D eigenvalue weighted by atomic mass is 9.98. The van der Waals surface area contributed by atoms with Gasteiger partial charge in [-0.05, 0) is 11.1 Å². The summed E-state index contributed by atoms with van der Waals surface area (Å²) < 4.78 is 0. The van der Waals surface area contributed by atoms with Gasteiger partial charge in [0.05, 0.1) is 0 Å². The zero-order chi connectivity index (χ0) is 9.10. The van der Waals surface area contributed by atoms with Crippen LogP contribution in [-0.4, -0.2) is 6.54 Å². The second kappa shape index (κ2) is 3.58. The molecule has 0 saturated carbocycles. The number of rotatable bonds is 1. The topological polar surface area (TPSA) is 26.0 Å². The van der Waals surface area contributed by atoms with Gasteiger partial charge in [-0.25, -0.2) is 0 Å². The predicted octanol–water partition coefficient (Wildman–Crippen LogP) is 2.11. The Kier molecular flexibility index (Phi) is 2.28. The van der Waals surface area contributed by atoms with Crippen molar-refractivity contribution in [1.29, 1.82) is 0 Å². The summed E-state index contributed by atoms with van der Waals surface area (Å²) in [5.41, 5.74) is 8.20. The fourth-order valence-corrected chi connectivity index (χ4v) is 1.61. The van der Waals surface area contributed by atoms with Gasteiger partial charge in [-0.3, -0.25) is 0 Å². The first-order valence-corrected chi connectivity index (χ1v) is 4.54. The predicted molar refractivity (Wildman–Crippen MR) is 56.1 cm³/mol. The highest BCUT2D eigenvalue weighted by Crippen LogP contribution is 2.22. The normalized spacial score (nSPS) is 24.8. The van der Waals surface area contributed by atoms with Crippen molar-refractivity contribution in [3.05, 3.63) is 59.8 Å². The lowest BCUT2D eigenvalue weighted by Crippen LogP contribution is -2.09. The van der Waals surface area contributed by atoms with Crippen LogP contribution in [-0.2, 0) is 0 Å². The monoisotopic (exact) mass is 171 g/mol. The average Bonchev–Trinajstić information content (AvgIpc) is 2.49. The minimum absolute atomic E-state index is 0.380. The highest BCUT2D eigenvalue weighted by atomic mass is 14.5. The average molecular weight is 171 g/mol. The van der Waals surface area contributed by atoms with Crippen LogP contribution in [0.25, 0.3) is 0 Å². The zero-order valence-electron chi connectivity index (χ0n) is 7.48. The lowest BCUT2D eigenvalue weighted by molar-refractivity contribution is 0.912. The van der Waals surface area contributed by atoms with Crippen LogP contribution < -0.4 is 5.73 Å². The summed E-state index contributed by atoms with van der Waals surface area (Å²) in [6.07, 6.45) is 17.0. The van der Waals surface area contributed by atoms with Crippen LogP contribution in [0.4, 0.5) is 0 Å². The molecule has 0 spiro atoms. The third-order valence-corrected chi connectivity index (χ3v) is 2.35. The van der Waals surface area contributed by atoms with Crippen LogP contribution in [0.5, 0.6) is 0 Å². The summed E-state index contributed by atoms with van der Waals surface area (Å²) in [6.45, 7) is 0.628. The molecule has 0 heterocycles. The van der Waals surface area contributed by atoms with Crippen molar-refractivity contribution in [1.82, 2.24) is 0 Å². The zero-order valence-corrected chi connectivity index (χ0v) is 7.48. The fraction of sp³-hybridized carbons (Fsp3) is 0.167. The first kappa shape index (κ1) is 8.27. The van der Waals surface area contributed by atoms with E-state index in [1.165, 1.54) is 11.1 Å². The third-order valence-electron chi connectivity index (χ3n) is 2.35. The fourth-order valence-electron chi connectivity index (χ4n) is 1.61. The summed E-state index contributed by atoms with van der Waals surface area (Å²) in [5, 5.41) is 0. The highest BCUT2D eigenvalue weighted by Gasteiger charge is 2.09. The molecular weight excluding hydrogens is 158 g/mol. The van der Waals surface area contributed by atoms with Gasteiger partial charge in [0.15, 0.2) is 0 Å². The molecule has 0 radical (unpaired) electrons. The summed E-state index contributed by atoms with van der Waals surface area (Å²) in [5.74, 6) is 0.380. The quantitative estimate of drug-likeness (QED) is 0.642. The third kappa shape index (κ3) is 1.70. The lowest BCUT2D eigenvalue weighted by Gasteiger charge is -2.09. The van der Waals surface area contributed by atoms with Gasteiger partial charge >= 0.3 is 0 Å². The number of hydrogen-bond donors (Lipinski definition) is 1. The van der Waals surface area contributed by atoms with Crippen molar-refractivity contribution < 1.29 is 0 Å². The molecule has 0 amide bonds. The van der Waals surface area contributed by atoms with Crippen LogP contribution >= 0.6 is 0 Å². The van der Waals surface area contributed by atoms with E-state index in [0.29, 0.717) is 12.5 Å². The molecule has 2 bridgehead atoms. The molecule has 0 aromatic carbocycles. The maximum Gasteiger partial charge on any atom is 0.0185 e. The molecule has 0 saturated heterocycles. The SMILES string of the molecule is NCC1=CC=CC2=CC1C=CC=C2. The molecule has 1 unspecified atom stereocenters. The molecule has 13 heavy (non-hydrogen) atoms. The van der Waals surface area contributed by atoms with Gasteiger partial charge in [0.1, 0.15) is 0 Å². The van der Waals surface area contributed by atoms with E-state index in [9.17, 15) is 0 Å². The highest BCUT2D eigenvalue weighted by molar-refractivity contribution is 5.43. The largest absolute Gasteiger partial charge is 0.327 e. The molecule has 1 heteroatoms. The maximum absolute atomic E-state index is 5.67. The molecule has 0 aromatic heterocycles. The van der Waals surface area contributed by atoms with Gasteiger partial charge in [0.25, 0.3) is 0 Å². The summed E-state index contributed by atoms with van der Waals surface area (Å²) in [6, 6.07) is 0. The van der Waals surface area contributed by atoms with Gasteiger partial charge in [0, 0.05) is 12.5 Å². The Morgan fingerprint density at radius 1 is 1.15 bits per heavy atom. The molecule has 0 aliphatic heterocycles. The van der Waals surface area contributed by atoms with Crippen LogP contribution in [0.3, 0.4) is 0 Å². The second-order valence-corrected chi connectivity index (χ2v) is 3.24. The summed E-state index contributed by atoms with van der Waals surface area (Å²) in [7, 11) is 0. The van der Waals surface area contributed by atoms with E-state index in [0.717, 1.165) is 0 Å². The van der Waals surface area contributed by atoms with Crippen LogP contribution in [0.15, 0.2) is 59.8 Å². The molecule has 2 rings (SSSR count). The van der Waals surface area contributed by atoms with E-state index in [1.807, 2.05) is 0 Å². The van der Waals surface area contributed by atoms with E-state index in [-0.39, 0.29) is 0 Å². The molecular formula is C12H13N. The molecule has 1 nitrogen and oxygen atoms in total. The molecule has 66 valence electrons. The Labute approximate surface area is 78.6 Å². The van der Waals surface area contributed by atoms with E-state index in [1.54, 1.807) is 0 Å². The van der Waals surface area contributed by atoms with Gasteiger partial charge in [-0.1, -0.05) is 48.6 Å². The molecule has 1 atom stereocenters. The number of hydrogen-bond acceptors (Lipinski definition) is 1. The van der Waals surface area contributed by atoms with Crippen molar-refractivity contribution in [2.24, 2.45) is 11.7 Å². The number of allylic oxidation sites excluding steroid dienone is 9. The Balaban J connectivity index is 2.39. The molecule has 2 aliphatic rings. The van der Waals surface area contributed by atoms with Gasteiger partial charge in [-0.2, -0.15) is 0 Å². The first-order valence-electron chi connectivity index (χ1n) is 4.54. The van der Waals surface area contributed by atoms with Gasteiger partial charge < -0.3 is 5.73 Å². The van der Waals surface area contributed by atoms with Crippen molar-refractivity contribution in [2.45, 2.75) is 0 Å². The number of nitrogens with two attached hydrogens (primary N) is 1. The maximum atomic E-state index is 5.67. The Hall–Kier alpha value is -1.34. The number of fused-ring (bicyclic) bond motifs is 1. The minimum atomic E-state index is 0.380. The van der Waals surface area contributed by atoms with E-state index in [2.05, 4.69) is 48.6 Å². The smallest absolute Gasteiger partial charge is 0.0185 e. The molecule has 2 N–H and O–H groups in total. The van der Waals surface area contributed by atoms with Crippen LogP contribution in [0, 0.1) is 5.92 Å². The van der Waals surface area contributed by atoms with Crippen molar-refractivity contribution in [2.75, 3.05) is 6.54 Å². The van der Waals surface area contributed by atoms with Crippen molar-refractivity contribution >= 4 is 0 Å². The van der Waals surface area contributed by atoms with E-state index in [4.69, 9.17) is 5.73 Å². The van der Waals surface area contributed by atoms with Crippen LogP contribution in [0.2, 0.25) is 0 Å². The van der Waals surface area contributed by atoms with Crippen LogP contribution in [0.1, 0.15) is 0 Å². The second-order valence-electron chi connectivity index (χ2n) is 3.24. The van der Waals surface area contributed by atoms with Gasteiger partial charge in [-0.15, -0.1) is 0 Å². The standard InChI is InChI=1S/C12H13N/c13-9-12-7-3-5-10-4-1-2-6-11(12)8-10/h1-8,11H,9,13H2. The Morgan fingerprint density at radius 3 is 2.85 bits per heavy atom. The Morgan fingerprint density at radius 2 is 2.00 bits per heavy atom. The summed E-state index contributed by atoms with van der Waals surface area (Å²) in [4.78, 5) is 0. The molecule has 2 aliphatic carbocycles. The van der Waals surface area contributed by atoms with Gasteiger partial charge in [0.2, 0.25) is 0 Å². The Bertz CT molecular complexity index is 340. The first-order chi connectivity index (χ1) is 6.40. The molecule has 0 aromatic rings. The van der Waals surface area contributed by atoms with E-state index < -0.39 is 0 Å².